The summed E-state index contributed by atoms with van der Waals surface area (Å²) in [6.45, 7) is 6.86. The van der Waals surface area contributed by atoms with Crippen LogP contribution in [0.4, 0.5) is 5.69 Å². The van der Waals surface area contributed by atoms with Crippen molar-refractivity contribution in [2.45, 2.75) is 33.6 Å². The Morgan fingerprint density at radius 3 is 2.22 bits per heavy atom. The van der Waals surface area contributed by atoms with Crippen LogP contribution in [0.5, 0.6) is 0 Å². The van der Waals surface area contributed by atoms with Gasteiger partial charge < -0.3 is 10.6 Å². The van der Waals surface area contributed by atoms with Gasteiger partial charge in [0.15, 0.2) is 0 Å². The highest BCUT2D eigenvalue weighted by Crippen LogP contribution is 2.23. The van der Waals surface area contributed by atoms with Crippen molar-refractivity contribution in [2.24, 2.45) is 5.92 Å². The predicted molar refractivity (Wildman–Crippen MR) is 76.9 cm³/mol. The molecule has 1 rings (SSSR count). The Balaban J connectivity index is 2.91. The molecule has 0 saturated heterocycles. The molecule has 0 saturated carbocycles. The van der Waals surface area contributed by atoms with Crippen LogP contribution in [-0.4, -0.2) is 19.5 Å². The van der Waals surface area contributed by atoms with Crippen molar-refractivity contribution in [3.63, 3.8) is 0 Å². The number of amides is 1. The largest absolute Gasteiger partial charge is 0.325 e. The Labute approximate surface area is 110 Å². The molecule has 2 N–H and O–H groups in total. The molecule has 0 radical (unpaired) electrons. The quantitative estimate of drug-likeness (QED) is 0.812. The fraction of sp³-hybridized carbons (Fsp3) is 0.533. The minimum absolute atomic E-state index is 0.0235. The number of hydrogen-bond acceptors (Lipinski definition) is 2. The second kappa shape index (κ2) is 7.17. The van der Waals surface area contributed by atoms with Gasteiger partial charge in [0.05, 0.1) is 0 Å². The molecule has 100 valence electrons. The van der Waals surface area contributed by atoms with E-state index in [4.69, 9.17) is 0 Å². The van der Waals surface area contributed by atoms with Gasteiger partial charge in [0.2, 0.25) is 5.91 Å². The summed E-state index contributed by atoms with van der Waals surface area (Å²) in [6.07, 6.45) is 1.87. The third-order valence-corrected chi connectivity index (χ3v) is 3.20. The lowest BCUT2D eigenvalue weighted by atomic mass is 10.0. The monoisotopic (exact) mass is 248 g/mol. The summed E-state index contributed by atoms with van der Waals surface area (Å²) in [4.78, 5) is 12.1. The normalized spacial score (nSPS) is 12.2. The van der Waals surface area contributed by atoms with Gasteiger partial charge in [-0.3, -0.25) is 4.79 Å². The molecule has 0 aliphatic carbocycles. The number of para-hydroxylation sites is 1. The van der Waals surface area contributed by atoms with E-state index in [1.165, 1.54) is 11.1 Å². The molecule has 1 aromatic carbocycles. The van der Waals surface area contributed by atoms with Crippen LogP contribution in [-0.2, 0) is 17.6 Å². The Hall–Kier alpha value is -1.35. The van der Waals surface area contributed by atoms with Crippen LogP contribution >= 0.6 is 0 Å². The zero-order chi connectivity index (χ0) is 13.5. The molecule has 0 aliphatic heterocycles. The van der Waals surface area contributed by atoms with Crippen molar-refractivity contribution in [3.05, 3.63) is 29.3 Å². The highest BCUT2D eigenvalue weighted by Gasteiger charge is 2.15. The first-order chi connectivity index (χ1) is 8.63. The van der Waals surface area contributed by atoms with E-state index in [0.717, 1.165) is 18.5 Å². The molecule has 0 fully saturated rings. The third-order valence-electron chi connectivity index (χ3n) is 3.20. The van der Waals surface area contributed by atoms with E-state index < -0.39 is 0 Å². The van der Waals surface area contributed by atoms with E-state index in [2.05, 4.69) is 42.7 Å². The molecule has 0 heterocycles. The zero-order valence-corrected chi connectivity index (χ0v) is 11.8. The standard InChI is InChI=1S/C15H24N2O/c1-5-12-8-7-9-13(6-2)14(12)17-15(18)11(3)10-16-4/h7-9,11,16H,5-6,10H2,1-4H3,(H,17,18). The molecule has 1 amide bonds. The van der Waals surface area contributed by atoms with E-state index in [9.17, 15) is 4.79 Å². The van der Waals surface area contributed by atoms with E-state index >= 15 is 0 Å². The van der Waals surface area contributed by atoms with Gasteiger partial charge in [-0.25, -0.2) is 0 Å². The summed E-state index contributed by atoms with van der Waals surface area (Å²) >= 11 is 0. The molecule has 0 aromatic heterocycles. The molecule has 0 spiro atoms. The molecule has 1 atom stereocenters. The number of hydrogen-bond donors (Lipinski definition) is 2. The molecule has 1 aromatic rings. The van der Waals surface area contributed by atoms with E-state index in [0.29, 0.717) is 6.54 Å². The van der Waals surface area contributed by atoms with Crippen molar-refractivity contribution in [3.8, 4) is 0 Å². The maximum atomic E-state index is 12.1. The number of benzene rings is 1. The highest BCUT2D eigenvalue weighted by molar-refractivity contribution is 5.94. The molecular formula is C15H24N2O. The Bertz CT molecular complexity index is 379. The maximum absolute atomic E-state index is 12.1. The fourth-order valence-corrected chi connectivity index (χ4v) is 2.05. The van der Waals surface area contributed by atoms with E-state index in [1.54, 1.807) is 0 Å². The van der Waals surface area contributed by atoms with Gasteiger partial charge in [-0.1, -0.05) is 39.0 Å². The average molecular weight is 248 g/mol. The van der Waals surface area contributed by atoms with Gasteiger partial charge in [0, 0.05) is 18.2 Å². The predicted octanol–water partition coefficient (Wildman–Crippen LogP) is 2.61. The van der Waals surface area contributed by atoms with Gasteiger partial charge >= 0.3 is 0 Å². The zero-order valence-electron chi connectivity index (χ0n) is 11.8. The smallest absolute Gasteiger partial charge is 0.228 e. The third kappa shape index (κ3) is 3.57. The second-order valence-corrected chi connectivity index (χ2v) is 4.61. The fourth-order valence-electron chi connectivity index (χ4n) is 2.05. The lowest BCUT2D eigenvalue weighted by molar-refractivity contribution is -0.119. The number of nitrogens with one attached hydrogen (secondary N) is 2. The minimum Gasteiger partial charge on any atom is -0.325 e. The summed E-state index contributed by atoms with van der Waals surface area (Å²) in [5.41, 5.74) is 3.43. The number of carbonyl (C=O) groups is 1. The van der Waals surface area contributed by atoms with Crippen molar-refractivity contribution in [1.29, 1.82) is 0 Å². The minimum atomic E-state index is -0.0235. The van der Waals surface area contributed by atoms with E-state index in [-0.39, 0.29) is 11.8 Å². The van der Waals surface area contributed by atoms with Crippen molar-refractivity contribution >= 4 is 11.6 Å². The summed E-state index contributed by atoms with van der Waals surface area (Å²) in [5.74, 6) is 0.0598. The van der Waals surface area contributed by atoms with Gasteiger partial charge in [0.25, 0.3) is 0 Å². The summed E-state index contributed by atoms with van der Waals surface area (Å²) in [5, 5.41) is 6.12. The van der Waals surface area contributed by atoms with Crippen molar-refractivity contribution in [1.82, 2.24) is 5.32 Å². The van der Waals surface area contributed by atoms with Crippen molar-refractivity contribution in [2.75, 3.05) is 18.9 Å². The lowest BCUT2D eigenvalue weighted by Gasteiger charge is -2.17. The molecule has 1 unspecified atom stereocenters. The van der Waals surface area contributed by atoms with E-state index in [1.807, 2.05) is 14.0 Å². The summed E-state index contributed by atoms with van der Waals surface area (Å²) < 4.78 is 0. The number of aryl methyl sites for hydroxylation is 2. The first-order valence-corrected chi connectivity index (χ1v) is 6.70. The molecule has 0 bridgehead atoms. The maximum Gasteiger partial charge on any atom is 0.228 e. The topological polar surface area (TPSA) is 41.1 Å². The first-order valence-electron chi connectivity index (χ1n) is 6.70. The second-order valence-electron chi connectivity index (χ2n) is 4.61. The molecular weight excluding hydrogens is 224 g/mol. The highest BCUT2D eigenvalue weighted by atomic mass is 16.1. The first kappa shape index (κ1) is 14.7. The van der Waals surface area contributed by atoms with Crippen LogP contribution in [0.3, 0.4) is 0 Å². The Morgan fingerprint density at radius 2 is 1.78 bits per heavy atom. The molecule has 3 heteroatoms. The number of anilines is 1. The summed E-state index contributed by atoms with van der Waals surface area (Å²) in [6, 6.07) is 6.22. The van der Waals surface area contributed by atoms with Crippen LogP contribution in [0.1, 0.15) is 31.9 Å². The Morgan fingerprint density at radius 1 is 1.22 bits per heavy atom. The number of carbonyl (C=O) groups excluding carboxylic acids is 1. The van der Waals surface area contributed by atoms with Crippen LogP contribution < -0.4 is 10.6 Å². The SMILES string of the molecule is CCc1cccc(CC)c1NC(=O)C(C)CNC. The summed E-state index contributed by atoms with van der Waals surface area (Å²) in [7, 11) is 1.86. The average Bonchev–Trinajstić information content (AvgIpc) is 2.39. The van der Waals surface area contributed by atoms with Gasteiger partial charge in [-0.2, -0.15) is 0 Å². The molecule has 18 heavy (non-hydrogen) atoms. The molecule has 0 aliphatic rings. The Kier molecular flexibility index (Phi) is 5.86. The van der Waals surface area contributed by atoms with Crippen LogP contribution in [0, 0.1) is 5.92 Å². The van der Waals surface area contributed by atoms with Crippen molar-refractivity contribution < 1.29 is 4.79 Å². The number of rotatable bonds is 6. The van der Waals surface area contributed by atoms with Crippen LogP contribution in [0.25, 0.3) is 0 Å². The van der Waals surface area contributed by atoms with Gasteiger partial charge in [-0.15, -0.1) is 0 Å². The van der Waals surface area contributed by atoms with Crippen LogP contribution in [0.15, 0.2) is 18.2 Å². The molecule has 3 nitrogen and oxygen atoms in total. The lowest BCUT2D eigenvalue weighted by Crippen LogP contribution is -2.29. The van der Waals surface area contributed by atoms with Gasteiger partial charge in [0.1, 0.15) is 0 Å². The van der Waals surface area contributed by atoms with Gasteiger partial charge in [-0.05, 0) is 31.0 Å². The van der Waals surface area contributed by atoms with Crippen LogP contribution in [0.2, 0.25) is 0 Å².